The molecule has 0 aliphatic carbocycles. The predicted molar refractivity (Wildman–Crippen MR) is 114 cm³/mol. The van der Waals surface area contributed by atoms with Gasteiger partial charge in [0.2, 0.25) is 0 Å². The largest absolute Gasteiger partial charge is 0.340 e. The van der Waals surface area contributed by atoms with Crippen molar-refractivity contribution < 1.29 is 4.74 Å². The standard InChI is InChI=1S/C26H17BrO/c27-23-17-9-16-22-24(23)26(19-12-5-2-6-13-19)21-15-8-7-14-20(21)25(22,28-26)18-10-3-1-4-11-18/h1-17H. The zero-order valence-corrected chi connectivity index (χ0v) is 16.7. The number of hydrogen-bond donors (Lipinski definition) is 0. The molecule has 28 heavy (non-hydrogen) atoms. The van der Waals surface area contributed by atoms with Crippen LogP contribution in [0.4, 0.5) is 0 Å². The second kappa shape index (κ2) is 5.66. The van der Waals surface area contributed by atoms with Crippen LogP contribution in [-0.4, -0.2) is 0 Å². The van der Waals surface area contributed by atoms with Gasteiger partial charge in [-0.25, -0.2) is 0 Å². The van der Waals surface area contributed by atoms with Crippen molar-refractivity contribution in [1.82, 2.24) is 0 Å². The molecule has 2 unspecified atom stereocenters. The molecule has 2 heteroatoms. The quantitative estimate of drug-likeness (QED) is 0.362. The Morgan fingerprint density at radius 1 is 0.500 bits per heavy atom. The Morgan fingerprint density at radius 2 is 1.00 bits per heavy atom. The van der Waals surface area contributed by atoms with Gasteiger partial charge in [0.25, 0.3) is 0 Å². The summed E-state index contributed by atoms with van der Waals surface area (Å²) in [4.78, 5) is 0. The van der Waals surface area contributed by atoms with Gasteiger partial charge in [-0.3, -0.25) is 0 Å². The molecule has 2 atom stereocenters. The third kappa shape index (κ3) is 1.80. The Morgan fingerprint density at radius 3 is 1.64 bits per heavy atom. The molecule has 134 valence electrons. The maximum atomic E-state index is 7.21. The van der Waals surface area contributed by atoms with E-state index >= 15 is 0 Å². The van der Waals surface area contributed by atoms with Gasteiger partial charge in [-0.05, 0) is 28.3 Å². The minimum Gasteiger partial charge on any atom is -0.340 e. The molecule has 2 heterocycles. The minimum atomic E-state index is -0.622. The van der Waals surface area contributed by atoms with E-state index in [9.17, 15) is 0 Å². The second-order valence-corrected chi connectivity index (χ2v) is 8.26. The van der Waals surface area contributed by atoms with E-state index in [2.05, 4.69) is 119 Å². The van der Waals surface area contributed by atoms with E-state index in [4.69, 9.17) is 4.74 Å². The monoisotopic (exact) mass is 424 g/mol. The Balaban J connectivity index is 1.81. The van der Waals surface area contributed by atoms with Crippen molar-refractivity contribution in [1.29, 1.82) is 0 Å². The summed E-state index contributed by atoms with van der Waals surface area (Å²) in [6.07, 6.45) is 0. The molecule has 0 saturated carbocycles. The van der Waals surface area contributed by atoms with E-state index < -0.39 is 11.2 Å². The van der Waals surface area contributed by atoms with Gasteiger partial charge in [0.15, 0.2) is 0 Å². The van der Waals surface area contributed by atoms with Crippen LogP contribution in [0.25, 0.3) is 0 Å². The fraction of sp³-hybridized carbons (Fsp3) is 0.0769. The van der Waals surface area contributed by atoms with Crippen LogP contribution in [-0.2, 0) is 15.9 Å². The molecule has 0 spiro atoms. The third-order valence-corrected chi connectivity index (χ3v) is 6.76. The second-order valence-electron chi connectivity index (χ2n) is 7.40. The average molecular weight is 425 g/mol. The molecule has 0 aromatic heterocycles. The summed E-state index contributed by atoms with van der Waals surface area (Å²) in [7, 11) is 0. The first-order valence-electron chi connectivity index (χ1n) is 9.49. The normalized spacial score (nSPS) is 24.0. The summed E-state index contributed by atoms with van der Waals surface area (Å²) in [6.45, 7) is 0. The van der Waals surface area contributed by atoms with Crippen LogP contribution < -0.4 is 0 Å². The number of hydrogen-bond acceptors (Lipinski definition) is 1. The summed E-state index contributed by atoms with van der Waals surface area (Å²) in [5.74, 6) is 0. The van der Waals surface area contributed by atoms with Gasteiger partial charge in [0, 0.05) is 15.6 Å². The lowest BCUT2D eigenvalue weighted by Crippen LogP contribution is -2.27. The molecule has 1 nitrogen and oxygen atoms in total. The van der Waals surface area contributed by atoms with Crippen LogP contribution in [0.15, 0.2) is 108 Å². The predicted octanol–water partition coefficient (Wildman–Crippen LogP) is 6.38. The van der Waals surface area contributed by atoms with Crippen LogP contribution in [0.3, 0.4) is 0 Å². The third-order valence-electron chi connectivity index (χ3n) is 6.10. The van der Waals surface area contributed by atoms with E-state index in [-0.39, 0.29) is 0 Å². The molecule has 0 saturated heterocycles. The van der Waals surface area contributed by atoms with E-state index in [1.54, 1.807) is 0 Å². The van der Waals surface area contributed by atoms with E-state index in [1.165, 1.54) is 22.3 Å². The highest BCUT2D eigenvalue weighted by Crippen LogP contribution is 2.66. The van der Waals surface area contributed by atoms with Crippen molar-refractivity contribution in [2.45, 2.75) is 11.2 Å². The van der Waals surface area contributed by atoms with Gasteiger partial charge < -0.3 is 4.74 Å². The molecule has 0 amide bonds. The van der Waals surface area contributed by atoms with Crippen LogP contribution in [0.2, 0.25) is 0 Å². The highest BCUT2D eigenvalue weighted by Gasteiger charge is 2.64. The lowest BCUT2D eigenvalue weighted by Gasteiger charge is -2.31. The molecular formula is C26H17BrO. The molecule has 0 radical (unpaired) electrons. The molecule has 2 bridgehead atoms. The van der Waals surface area contributed by atoms with Crippen molar-refractivity contribution in [3.63, 3.8) is 0 Å². The lowest BCUT2D eigenvalue weighted by molar-refractivity contribution is -0.0259. The molecule has 2 aliphatic rings. The molecule has 0 fully saturated rings. The fourth-order valence-electron chi connectivity index (χ4n) is 5.07. The van der Waals surface area contributed by atoms with Crippen molar-refractivity contribution in [2.24, 2.45) is 0 Å². The Bertz CT molecular complexity index is 1200. The van der Waals surface area contributed by atoms with Crippen LogP contribution in [0.5, 0.6) is 0 Å². The summed E-state index contributed by atoms with van der Waals surface area (Å²) in [5.41, 5.74) is 5.98. The van der Waals surface area contributed by atoms with Gasteiger partial charge in [0.1, 0.15) is 11.2 Å². The van der Waals surface area contributed by atoms with Gasteiger partial charge in [-0.2, -0.15) is 0 Å². The first-order valence-corrected chi connectivity index (χ1v) is 10.3. The Kier molecular flexibility index (Phi) is 3.30. The van der Waals surface area contributed by atoms with E-state index in [0.29, 0.717) is 0 Å². The number of halogens is 1. The summed E-state index contributed by atoms with van der Waals surface area (Å²) in [6, 6.07) is 36.3. The molecular weight excluding hydrogens is 408 g/mol. The van der Waals surface area contributed by atoms with E-state index in [0.717, 1.165) is 15.6 Å². The van der Waals surface area contributed by atoms with Gasteiger partial charge >= 0.3 is 0 Å². The lowest BCUT2D eigenvalue weighted by atomic mass is 9.68. The van der Waals surface area contributed by atoms with Crippen LogP contribution in [0.1, 0.15) is 33.4 Å². The van der Waals surface area contributed by atoms with Gasteiger partial charge in [-0.15, -0.1) is 0 Å². The zero-order chi connectivity index (χ0) is 18.8. The Labute approximate surface area is 172 Å². The van der Waals surface area contributed by atoms with Crippen molar-refractivity contribution in [2.75, 3.05) is 0 Å². The maximum absolute atomic E-state index is 7.21. The van der Waals surface area contributed by atoms with Crippen molar-refractivity contribution in [3.8, 4) is 0 Å². The molecule has 2 aliphatic heterocycles. The van der Waals surface area contributed by atoms with Gasteiger partial charge in [-0.1, -0.05) is 113 Å². The molecule has 0 N–H and O–H groups in total. The molecule has 6 rings (SSSR count). The molecule has 4 aromatic carbocycles. The van der Waals surface area contributed by atoms with Crippen molar-refractivity contribution in [3.05, 3.63) is 141 Å². The highest BCUT2D eigenvalue weighted by molar-refractivity contribution is 9.10. The minimum absolute atomic E-state index is 0.604. The first kappa shape index (κ1) is 16.3. The van der Waals surface area contributed by atoms with Crippen LogP contribution >= 0.6 is 15.9 Å². The Hall–Kier alpha value is -2.68. The van der Waals surface area contributed by atoms with Crippen molar-refractivity contribution >= 4 is 15.9 Å². The fourth-order valence-corrected chi connectivity index (χ4v) is 5.72. The first-order chi connectivity index (χ1) is 13.8. The average Bonchev–Trinajstić information content (AvgIpc) is 3.26. The molecule has 4 aromatic rings. The topological polar surface area (TPSA) is 9.23 Å². The smallest absolute Gasteiger partial charge is 0.147 e. The summed E-state index contributed by atoms with van der Waals surface area (Å²) in [5, 5.41) is 0. The number of fused-ring (bicyclic) bond motifs is 8. The highest BCUT2D eigenvalue weighted by atomic mass is 79.9. The number of ether oxygens (including phenoxy) is 1. The van der Waals surface area contributed by atoms with E-state index in [1.807, 2.05) is 0 Å². The van der Waals surface area contributed by atoms with Gasteiger partial charge in [0.05, 0.1) is 0 Å². The number of rotatable bonds is 2. The van der Waals surface area contributed by atoms with Crippen LogP contribution in [0, 0.1) is 0 Å². The summed E-state index contributed by atoms with van der Waals surface area (Å²) >= 11 is 3.85. The number of benzene rings is 4. The zero-order valence-electron chi connectivity index (χ0n) is 15.1. The summed E-state index contributed by atoms with van der Waals surface area (Å²) < 4.78 is 8.30. The maximum Gasteiger partial charge on any atom is 0.147 e. The SMILES string of the molecule is Brc1cccc2c1C1(c3ccccc3)OC2(c2ccccc2)c2ccccc21.